The summed E-state index contributed by atoms with van der Waals surface area (Å²) in [6.07, 6.45) is 16.7. The standard InChI is InChI=1S/C12H11.C9H15Si.4CH3.2ClH.2H2Si.Zr/c1-3-9-7-11-5-2-6-12(11)8-10(9)4-1;1-10(2,3)8-9-6-4-5-7-9;;;;;;;;;/h1,3-4,7-8H,2,5-6H2;4-7H,8H2,1-3H3;4*1H3;2*1H;2*1H2;/p-2. The Morgan fingerprint density at radius 1 is 0.903 bits per heavy atom. The van der Waals surface area contributed by atoms with Gasteiger partial charge in [-0.1, -0.05) is 0 Å². The second-order valence-electron chi connectivity index (χ2n) is 17.7. The molecule has 1 aromatic rings. The molecule has 6 heteroatoms. The topological polar surface area (TPSA) is 0 Å². The van der Waals surface area contributed by atoms with Gasteiger partial charge in [-0.05, 0) is 0 Å². The van der Waals surface area contributed by atoms with Crippen LogP contribution in [0, 0.1) is 0 Å². The molecule has 0 spiro atoms. The maximum Gasteiger partial charge on any atom is -1.00 e. The first-order valence-electron chi connectivity index (χ1n) is 11.7. The zero-order valence-electron chi connectivity index (χ0n) is 20.7. The van der Waals surface area contributed by atoms with E-state index in [1.807, 2.05) is 0 Å². The van der Waals surface area contributed by atoms with Crippen LogP contribution in [0.5, 0.6) is 0 Å². The molecular weight excluding hydrogens is 547 g/mol. The Bertz CT molecular complexity index is 1300. The van der Waals surface area contributed by atoms with Crippen molar-refractivity contribution in [3.63, 3.8) is 0 Å². The van der Waals surface area contributed by atoms with Gasteiger partial charge < -0.3 is 24.8 Å². The van der Waals surface area contributed by atoms with Crippen LogP contribution in [-0.4, -0.2) is 21.8 Å². The van der Waals surface area contributed by atoms with E-state index in [1.165, 1.54) is 30.9 Å². The van der Waals surface area contributed by atoms with Crippen molar-refractivity contribution in [2.75, 3.05) is 0 Å². The van der Waals surface area contributed by atoms with Crippen LogP contribution in [0.2, 0.25) is 47.8 Å². The average Bonchev–Trinajstić information content (AvgIpc) is 3.19. The molecule has 0 aromatic heterocycles. The Kier molecular flexibility index (Phi) is 5.40. The maximum atomic E-state index is 2.75. The maximum absolute atomic E-state index is 4.71. The molecule has 0 heterocycles. The molecule has 0 aliphatic heterocycles. The zero-order valence-corrected chi connectivity index (χ0v) is 28.5. The van der Waals surface area contributed by atoms with Crippen LogP contribution in [0.1, 0.15) is 32.3 Å². The summed E-state index contributed by atoms with van der Waals surface area (Å²) in [6, 6.07) is 6.43. The van der Waals surface area contributed by atoms with E-state index in [0.29, 0.717) is 7.25 Å². The molecule has 0 nitrogen and oxygen atoms in total. The molecule has 0 bridgehead atoms. The Morgan fingerprint density at radius 3 is 2.06 bits per heavy atom. The number of aryl methyl sites for hydroxylation is 2. The van der Waals surface area contributed by atoms with Gasteiger partial charge in [0, 0.05) is 0 Å². The van der Waals surface area contributed by atoms with Gasteiger partial charge in [0.25, 0.3) is 0 Å². The predicted octanol–water partition coefficient (Wildman–Crippen LogP) is 0.459. The zero-order chi connectivity index (χ0) is 21.7. The second-order valence-corrected chi connectivity index (χ2v) is 127. The van der Waals surface area contributed by atoms with Crippen molar-refractivity contribution < 1.29 is 36.4 Å². The molecule has 0 amide bonds. The van der Waals surface area contributed by atoms with Gasteiger partial charge in [0.2, 0.25) is 0 Å². The molecule has 3 aliphatic rings. The van der Waals surface area contributed by atoms with Crippen LogP contribution in [-0.2, 0) is 24.4 Å². The number of hydrogen-bond acceptors (Lipinski definition) is 0. The number of hydrogen-bond donors (Lipinski definition) is 0. The monoisotopic (exact) mass is 586 g/mol. The van der Waals surface area contributed by atoms with Crippen LogP contribution >= 0.6 is 0 Å². The Labute approximate surface area is 197 Å². The quantitative estimate of drug-likeness (QED) is 0.449. The SMILES string of the molecule is C[Si](C)(C)CC1=C[CH]([Zr]([CH3])([CH3])([CH3])([CH3])(=[SiH2])(=[SiH2])[CH]2C=Cc3cc4c(cc32)CCC4)C=C1.[Cl-].[Cl-]. The normalized spacial score (nSPS) is 26.9. The fraction of sp³-hybridized carbons (Fsp3) is 0.520. The van der Waals surface area contributed by atoms with Crippen LogP contribution in [0.25, 0.3) is 6.08 Å². The molecule has 174 valence electrons. The summed E-state index contributed by atoms with van der Waals surface area (Å²) in [5.41, 5.74) is 7.95. The summed E-state index contributed by atoms with van der Waals surface area (Å²) in [5, 5.41) is 0. The van der Waals surface area contributed by atoms with E-state index in [4.69, 9.17) is 0 Å². The third kappa shape index (κ3) is 4.60. The van der Waals surface area contributed by atoms with E-state index in [9.17, 15) is 0 Å². The summed E-state index contributed by atoms with van der Waals surface area (Å²) in [6.45, 7) is 12.4. The number of halogens is 2. The van der Waals surface area contributed by atoms with Crippen LogP contribution in [0.3, 0.4) is 0 Å². The first-order chi connectivity index (χ1) is 12.7. The number of allylic oxidation sites excluding steroid dienone is 5. The van der Waals surface area contributed by atoms with Crippen molar-refractivity contribution in [3.05, 3.63) is 64.3 Å². The fourth-order valence-electron chi connectivity index (χ4n) is 6.47. The summed E-state index contributed by atoms with van der Waals surface area (Å²) in [4.78, 5) is 0. The molecule has 0 saturated carbocycles. The summed E-state index contributed by atoms with van der Waals surface area (Å²) >= 11 is -4.71. The minimum absolute atomic E-state index is 0. The molecule has 3 aliphatic carbocycles. The van der Waals surface area contributed by atoms with E-state index in [-0.39, 0.29) is 24.8 Å². The van der Waals surface area contributed by atoms with Gasteiger partial charge >= 0.3 is 174 Å². The molecule has 0 saturated heterocycles. The third-order valence-electron chi connectivity index (χ3n) is 8.61. The summed E-state index contributed by atoms with van der Waals surface area (Å²) in [7, 11) is -1.12. The van der Waals surface area contributed by atoms with Crippen LogP contribution in [0.4, 0.5) is 0 Å². The Hall–Kier alpha value is 0.554. The molecule has 31 heavy (non-hydrogen) atoms. The molecule has 4 rings (SSSR count). The van der Waals surface area contributed by atoms with Crippen LogP contribution in [0.15, 0.2) is 42.0 Å². The van der Waals surface area contributed by atoms with Crippen molar-refractivity contribution in [2.45, 2.75) is 70.7 Å². The van der Waals surface area contributed by atoms with E-state index in [1.54, 1.807) is 22.3 Å². The number of benzene rings is 1. The molecule has 0 fully saturated rings. The van der Waals surface area contributed by atoms with Gasteiger partial charge in [-0.15, -0.1) is 0 Å². The van der Waals surface area contributed by atoms with Gasteiger partial charge in [0.05, 0.1) is 0 Å². The van der Waals surface area contributed by atoms with Crippen molar-refractivity contribution in [2.24, 2.45) is 0 Å². The first-order valence-corrected chi connectivity index (χ1v) is 39.9. The van der Waals surface area contributed by atoms with Crippen LogP contribution < -0.4 is 24.8 Å². The van der Waals surface area contributed by atoms with Gasteiger partial charge in [0.15, 0.2) is 0 Å². The van der Waals surface area contributed by atoms with Gasteiger partial charge in [-0.2, -0.15) is 0 Å². The van der Waals surface area contributed by atoms with Crippen molar-refractivity contribution in [3.8, 4) is 0 Å². The third-order valence-corrected chi connectivity index (χ3v) is 42.0. The second kappa shape index (κ2) is 6.02. The Morgan fingerprint density at radius 2 is 1.48 bits per heavy atom. The summed E-state index contributed by atoms with van der Waals surface area (Å²) in [5.74, 6) is 0. The van der Waals surface area contributed by atoms with Crippen molar-refractivity contribution in [1.82, 2.24) is 0 Å². The number of fused-ring (bicyclic) bond motifs is 2. The molecule has 0 N–H and O–H groups in total. The minimum Gasteiger partial charge on any atom is -1.00 e. The van der Waals surface area contributed by atoms with E-state index in [0.717, 1.165) is 0 Å². The predicted molar refractivity (Wildman–Crippen MR) is 140 cm³/mol. The average molecular weight is 589 g/mol. The first kappa shape index (κ1) is 27.8. The molecule has 0 radical (unpaired) electrons. The van der Waals surface area contributed by atoms with E-state index < -0.39 is 19.6 Å². The molecule has 2 unspecified atom stereocenters. The van der Waals surface area contributed by atoms with Gasteiger partial charge in [-0.3, -0.25) is 0 Å². The molecular formula is C25H42Cl2Si3Zr-2. The molecule has 2 atom stereocenters. The van der Waals surface area contributed by atoms with Crippen molar-refractivity contribution in [1.29, 1.82) is 0 Å². The van der Waals surface area contributed by atoms with Gasteiger partial charge in [0.1, 0.15) is 0 Å². The largest absolute Gasteiger partial charge is 1.00 e. The van der Waals surface area contributed by atoms with Crippen molar-refractivity contribution >= 4 is 27.9 Å². The summed E-state index contributed by atoms with van der Waals surface area (Å²) < 4.78 is 12.1. The molecule has 1 aromatic carbocycles. The fourth-order valence-corrected chi connectivity index (χ4v) is 30.5. The van der Waals surface area contributed by atoms with Gasteiger partial charge in [-0.25, -0.2) is 0 Å². The smallest absolute Gasteiger partial charge is 1.00 e. The minimum atomic E-state index is -4.71. The van der Waals surface area contributed by atoms with E-state index in [2.05, 4.69) is 94.4 Å². The Balaban J connectivity index is 0.00000171. The number of rotatable bonds is 4. The van der Waals surface area contributed by atoms with E-state index >= 15 is 0 Å².